The highest BCUT2D eigenvalue weighted by molar-refractivity contribution is 5.80. The van der Waals surface area contributed by atoms with Crippen molar-refractivity contribution < 1.29 is 9.90 Å². The molecule has 2 rings (SSSR count). The summed E-state index contributed by atoms with van der Waals surface area (Å²) in [7, 11) is 0. The van der Waals surface area contributed by atoms with E-state index in [9.17, 15) is 4.79 Å². The van der Waals surface area contributed by atoms with Crippen molar-refractivity contribution in [1.82, 2.24) is 10.6 Å². The number of carbonyl (C=O) groups excluding carboxylic acids is 1. The Morgan fingerprint density at radius 2 is 2.38 bits per heavy atom. The molecule has 2 heterocycles. The van der Waals surface area contributed by atoms with Gasteiger partial charge >= 0.3 is 0 Å². The van der Waals surface area contributed by atoms with Crippen molar-refractivity contribution in [3.8, 4) is 0 Å². The van der Waals surface area contributed by atoms with Gasteiger partial charge in [-0.1, -0.05) is 0 Å². The first kappa shape index (κ1) is 8.97. The van der Waals surface area contributed by atoms with Gasteiger partial charge in [0.2, 0.25) is 5.91 Å². The standard InChI is InChI=1S/C9H16N2O2/c12-4-3-10-9(13)7-5-6-1-2-8(7)11-6/h6-8,11-12H,1-5H2,(H,10,13). The second-order valence-electron chi connectivity index (χ2n) is 3.90. The third-order valence-corrected chi connectivity index (χ3v) is 3.05. The third kappa shape index (κ3) is 1.69. The molecule has 4 heteroatoms. The molecular weight excluding hydrogens is 168 g/mol. The van der Waals surface area contributed by atoms with Gasteiger partial charge in [-0.3, -0.25) is 4.79 Å². The highest BCUT2D eigenvalue weighted by Crippen LogP contribution is 2.33. The molecule has 0 aromatic carbocycles. The molecule has 0 aliphatic carbocycles. The number of aliphatic hydroxyl groups is 1. The predicted octanol–water partition coefficient (Wildman–Crippen LogP) is -0.765. The van der Waals surface area contributed by atoms with E-state index in [2.05, 4.69) is 10.6 Å². The second-order valence-corrected chi connectivity index (χ2v) is 3.90. The summed E-state index contributed by atoms with van der Waals surface area (Å²) in [5.41, 5.74) is 0. The van der Waals surface area contributed by atoms with Crippen LogP contribution in [0.2, 0.25) is 0 Å². The predicted molar refractivity (Wildman–Crippen MR) is 48.1 cm³/mol. The fourth-order valence-corrected chi connectivity index (χ4v) is 2.42. The summed E-state index contributed by atoms with van der Waals surface area (Å²) in [6, 6.07) is 0.957. The zero-order valence-electron chi connectivity index (χ0n) is 7.62. The number of hydrogen-bond acceptors (Lipinski definition) is 3. The molecule has 2 bridgehead atoms. The number of fused-ring (bicyclic) bond motifs is 2. The number of nitrogens with one attached hydrogen (secondary N) is 2. The first-order chi connectivity index (χ1) is 6.31. The van der Waals surface area contributed by atoms with E-state index >= 15 is 0 Å². The van der Waals surface area contributed by atoms with Gasteiger partial charge in [0.15, 0.2) is 0 Å². The van der Waals surface area contributed by atoms with Crippen molar-refractivity contribution in [3.63, 3.8) is 0 Å². The lowest BCUT2D eigenvalue weighted by molar-refractivity contribution is -0.125. The van der Waals surface area contributed by atoms with Gasteiger partial charge in [0.1, 0.15) is 0 Å². The molecule has 3 atom stereocenters. The molecule has 13 heavy (non-hydrogen) atoms. The molecule has 2 saturated heterocycles. The van der Waals surface area contributed by atoms with Crippen molar-refractivity contribution in [2.24, 2.45) is 5.92 Å². The third-order valence-electron chi connectivity index (χ3n) is 3.05. The van der Waals surface area contributed by atoms with E-state index in [0.29, 0.717) is 18.6 Å². The normalized spacial score (nSPS) is 36.5. The Balaban J connectivity index is 1.84. The maximum Gasteiger partial charge on any atom is 0.224 e. The van der Waals surface area contributed by atoms with Crippen molar-refractivity contribution in [3.05, 3.63) is 0 Å². The van der Waals surface area contributed by atoms with Crippen LogP contribution in [-0.2, 0) is 4.79 Å². The van der Waals surface area contributed by atoms with Crippen LogP contribution < -0.4 is 10.6 Å². The summed E-state index contributed by atoms with van der Waals surface area (Å²) >= 11 is 0. The molecule has 0 spiro atoms. The first-order valence-electron chi connectivity index (χ1n) is 4.96. The smallest absolute Gasteiger partial charge is 0.224 e. The van der Waals surface area contributed by atoms with E-state index in [1.54, 1.807) is 0 Å². The Kier molecular flexibility index (Phi) is 2.51. The molecule has 74 valence electrons. The van der Waals surface area contributed by atoms with Gasteiger partial charge in [0, 0.05) is 18.6 Å². The lowest BCUT2D eigenvalue weighted by Crippen LogP contribution is -2.38. The summed E-state index contributed by atoms with van der Waals surface area (Å²) in [5, 5.41) is 14.7. The fraction of sp³-hybridized carbons (Fsp3) is 0.889. The zero-order valence-corrected chi connectivity index (χ0v) is 7.62. The van der Waals surface area contributed by atoms with Crippen molar-refractivity contribution in [2.75, 3.05) is 13.2 Å². The van der Waals surface area contributed by atoms with E-state index < -0.39 is 0 Å². The van der Waals surface area contributed by atoms with Gasteiger partial charge in [-0.25, -0.2) is 0 Å². The average molecular weight is 184 g/mol. The average Bonchev–Trinajstić information content (AvgIpc) is 2.74. The Bertz CT molecular complexity index is 208. The number of hydrogen-bond donors (Lipinski definition) is 3. The Hall–Kier alpha value is -0.610. The van der Waals surface area contributed by atoms with Gasteiger partial charge in [-0.2, -0.15) is 0 Å². The van der Waals surface area contributed by atoms with Gasteiger partial charge in [0.25, 0.3) is 0 Å². The molecule has 2 aliphatic heterocycles. The lowest BCUT2D eigenvalue weighted by atomic mass is 9.88. The maximum absolute atomic E-state index is 11.5. The molecule has 1 amide bonds. The molecule has 4 nitrogen and oxygen atoms in total. The highest BCUT2D eigenvalue weighted by Gasteiger charge is 2.42. The van der Waals surface area contributed by atoms with Crippen molar-refractivity contribution >= 4 is 5.91 Å². The summed E-state index contributed by atoms with van der Waals surface area (Å²) < 4.78 is 0. The maximum atomic E-state index is 11.5. The van der Waals surface area contributed by atoms with Crippen LogP contribution >= 0.6 is 0 Å². The van der Waals surface area contributed by atoms with E-state index in [-0.39, 0.29) is 18.4 Å². The number of amides is 1. The van der Waals surface area contributed by atoms with Crippen LogP contribution in [0.4, 0.5) is 0 Å². The van der Waals surface area contributed by atoms with Gasteiger partial charge < -0.3 is 15.7 Å². The van der Waals surface area contributed by atoms with Crippen LogP contribution in [0.3, 0.4) is 0 Å². The summed E-state index contributed by atoms with van der Waals surface area (Å²) in [6.45, 7) is 0.409. The van der Waals surface area contributed by atoms with E-state index in [1.807, 2.05) is 0 Å². The number of carbonyl (C=O) groups is 1. The van der Waals surface area contributed by atoms with Crippen LogP contribution in [0, 0.1) is 5.92 Å². The molecule has 0 aromatic rings. The van der Waals surface area contributed by atoms with Crippen LogP contribution in [0.25, 0.3) is 0 Å². The molecular formula is C9H16N2O2. The molecule has 2 fully saturated rings. The highest BCUT2D eigenvalue weighted by atomic mass is 16.3. The summed E-state index contributed by atoms with van der Waals surface area (Å²) in [6.07, 6.45) is 3.32. The fourth-order valence-electron chi connectivity index (χ4n) is 2.42. The summed E-state index contributed by atoms with van der Waals surface area (Å²) in [4.78, 5) is 11.5. The Morgan fingerprint density at radius 1 is 1.54 bits per heavy atom. The second kappa shape index (κ2) is 3.64. The monoisotopic (exact) mass is 184 g/mol. The van der Waals surface area contributed by atoms with Crippen molar-refractivity contribution in [1.29, 1.82) is 0 Å². The van der Waals surface area contributed by atoms with Crippen LogP contribution in [0.15, 0.2) is 0 Å². The summed E-state index contributed by atoms with van der Waals surface area (Å²) in [5.74, 6) is 0.249. The molecule has 2 aliphatic rings. The Morgan fingerprint density at radius 3 is 2.92 bits per heavy atom. The van der Waals surface area contributed by atoms with Crippen molar-refractivity contribution in [2.45, 2.75) is 31.3 Å². The molecule has 3 unspecified atom stereocenters. The minimum absolute atomic E-state index is 0.0278. The molecule has 3 N–H and O–H groups in total. The molecule has 0 radical (unpaired) electrons. The zero-order chi connectivity index (χ0) is 9.26. The van der Waals surface area contributed by atoms with E-state index in [0.717, 1.165) is 12.8 Å². The largest absolute Gasteiger partial charge is 0.395 e. The number of rotatable bonds is 3. The first-order valence-corrected chi connectivity index (χ1v) is 4.96. The van der Waals surface area contributed by atoms with Crippen LogP contribution in [-0.4, -0.2) is 36.2 Å². The minimum Gasteiger partial charge on any atom is -0.395 e. The lowest BCUT2D eigenvalue weighted by Gasteiger charge is -2.18. The van der Waals surface area contributed by atoms with E-state index in [4.69, 9.17) is 5.11 Å². The van der Waals surface area contributed by atoms with Crippen LogP contribution in [0.5, 0.6) is 0 Å². The SMILES string of the molecule is O=C(NCCO)C1CC2CCC1N2. The van der Waals surface area contributed by atoms with Gasteiger partial charge in [-0.05, 0) is 19.3 Å². The minimum atomic E-state index is 0.0278. The van der Waals surface area contributed by atoms with E-state index in [1.165, 1.54) is 6.42 Å². The Labute approximate surface area is 77.7 Å². The number of aliphatic hydroxyl groups excluding tert-OH is 1. The van der Waals surface area contributed by atoms with Crippen LogP contribution in [0.1, 0.15) is 19.3 Å². The quantitative estimate of drug-likeness (QED) is 0.540. The molecule has 0 saturated carbocycles. The van der Waals surface area contributed by atoms with Gasteiger partial charge in [0.05, 0.1) is 12.5 Å². The molecule has 0 aromatic heterocycles. The van der Waals surface area contributed by atoms with Gasteiger partial charge in [-0.15, -0.1) is 0 Å². The topological polar surface area (TPSA) is 61.4 Å².